The molecule has 0 aliphatic heterocycles. The highest BCUT2D eigenvalue weighted by Gasteiger charge is 2.13. The summed E-state index contributed by atoms with van der Waals surface area (Å²) in [6.07, 6.45) is 1.73. The third-order valence-electron chi connectivity index (χ3n) is 3.82. The molecule has 142 valence electrons. The van der Waals surface area contributed by atoms with Gasteiger partial charge >= 0.3 is 0 Å². The summed E-state index contributed by atoms with van der Waals surface area (Å²) in [5.41, 5.74) is 3.03. The third kappa shape index (κ3) is 4.94. The molecule has 3 rings (SSSR count). The Morgan fingerprint density at radius 3 is 2.50 bits per heavy atom. The lowest BCUT2D eigenvalue weighted by Gasteiger charge is -2.12. The molecule has 0 N–H and O–H groups in total. The third-order valence-corrected chi connectivity index (χ3v) is 5.25. The van der Waals surface area contributed by atoms with Gasteiger partial charge in [0.05, 0.1) is 27.9 Å². The molecular weight excluding hydrogens is 411 g/mol. The molecule has 0 saturated carbocycles. The van der Waals surface area contributed by atoms with Crippen molar-refractivity contribution in [2.24, 2.45) is 5.92 Å². The molecule has 28 heavy (non-hydrogen) atoms. The van der Waals surface area contributed by atoms with E-state index in [1.165, 1.54) is 11.3 Å². The maximum Gasteiger partial charge on any atom is 0.156 e. The molecule has 0 fully saturated rings. The van der Waals surface area contributed by atoms with Gasteiger partial charge in [-0.05, 0) is 29.7 Å². The molecule has 0 aliphatic rings. The molecule has 0 radical (unpaired) electrons. The summed E-state index contributed by atoms with van der Waals surface area (Å²) in [6.45, 7) is 4.63. The quantitative estimate of drug-likeness (QED) is 0.389. The van der Waals surface area contributed by atoms with Crippen molar-refractivity contribution in [3.8, 4) is 23.1 Å². The summed E-state index contributed by atoms with van der Waals surface area (Å²) >= 11 is 14.1. The molecule has 0 aliphatic carbocycles. The lowest BCUT2D eigenvalue weighted by atomic mass is 10.1. The summed E-state index contributed by atoms with van der Waals surface area (Å²) in [4.78, 5) is 4.60. The Morgan fingerprint density at radius 2 is 1.89 bits per heavy atom. The van der Waals surface area contributed by atoms with Gasteiger partial charge in [-0.15, -0.1) is 11.3 Å². The first-order chi connectivity index (χ1) is 13.5. The molecule has 0 amide bonds. The van der Waals surface area contributed by atoms with Crippen LogP contribution in [-0.2, 0) is 0 Å². The summed E-state index contributed by atoms with van der Waals surface area (Å²) in [7, 11) is 0. The fraction of sp³-hybridized carbons (Fsp3) is 0.182. The molecule has 2 aromatic carbocycles. The van der Waals surface area contributed by atoms with Crippen molar-refractivity contribution in [3.05, 3.63) is 68.5 Å². The first kappa shape index (κ1) is 20.4. The number of nitriles is 1. The number of aromatic nitrogens is 1. The van der Waals surface area contributed by atoms with Crippen molar-refractivity contribution < 1.29 is 4.74 Å². The monoisotopic (exact) mass is 428 g/mol. The highest BCUT2D eigenvalue weighted by Crippen LogP contribution is 2.36. The number of thiazole rings is 1. The van der Waals surface area contributed by atoms with E-state index in [-0.39, 0.29) is 0 Å². The van der Waals surface area contributed by atoms with Crippen LogP contribution in [0.3, 0.4) is 0 Å². The number of hydrogen-bond acceptors (Lipinski definition) is 4. The lowest BCUT2D eigenvalue weighted by molar-refractivity contribution is 0.271. The van der Waals surface area contributed by atoms with Gasteiger partial charge in [0, 0.05) is 10.9 Å². The van der Waals surface area contributed by atoms with Crippen LogP contribution in [0.15, 0.2) is 47.8 Å². The molecule has 3 aromatic rings. The van der Waals surface area contributed by atoms with Crippen LogP contribution in [0.4, 0.5) is 0 Å². The van der Waals surface area contributed by atoms with Crippen molar-refractivity contribution in [1.29, 1.82) is 5.26 Å². The Kier molecular flexibility index (Phi) is 6.74. The van der Waals surface area contributed by atoms with Crippen LogP contribution < -0.4 is 4.74 Å². The SMILES string of the molecule is CC(C)COc1c(Cl)cc(/C=C(/C#N)c2nc(-c3ccccc3)cs2)cc1Cl. The van der Waals surface area contributed by atoms with E-state index in [1.54, 1.807) is 18.2 Å². The minimum absolute atomic E-state index is 0.362. The molecule has 0 saturated heterocycles. The molecule has 0 spiro atoms. The average Bonchev–Trinajstić information content (AvgIpc) is 3.16. The van der Waals surface area contributed by atoms with Crippen LogP contribution in [0.1, 0.15) is 24.4 Å². The van der Waals surface area contributed by atoms with Crippen molar-refractivity contribution in [3.63, 3.8) is 0 Å². The molecule has 0 atom stereocenters. The number of rotatable bonds is 6. The fourth-order valence-corrected chi connectivity index (χ4v) is 3.91. The second-order valence-electron chi connectivity index (χ2n) is 6.59. The standard InChI is InChI=1S/C22H18Cl2N2OS/c1-14(2)12-27-21-18(23)9-15(10-19(21)24)8-17(11-25)22-26-20(13-28-22)16-6-4-3-5-7-16/h3-10,13-14H,12H2,1-2H3/b17-8-. The van der Waals surface area contributed by atoms with E-state index in [2.05, 4.69) is 24.9 Å². The van der Waals surface area contributed by atoms with Gasteiger partial charge in [0.2, 0.25) is 0 Å². The van der Waals surface area contributed by atoms with Crippen molar-refractivity contribution >= 4 is 46.2 Å². The number of ether oxygens (including phenoxy) is 1. The number of nitrogens with zero attached hydrogens (tertiary/aromatic N) is 2. The number of allylic oxidation sites excluding steroid dienone is 1. The smallest absolute Gasteiger partial charge is 0.156 e. The Morgan fingerprint density at radius 1 is 1.21 bits per heavy atom. The lowest BCUT2D eigenvalue weighted by Crippen LogP contribution is -2.05. The van der Waals surface area contributed by atoms with E-state index in [9.17, 15) is 5.26 Å². The summed E-state index contributed by atoms with van der Waals surface area (Å²) in [5.74, 6) is 0.828. The van der Waals surface area contributed by atoms with E-state index < -0.39 is 0 Å². The number of benzene rings is 2. The van der Waals surface area contributed by atoms with Crippen molar-refractivity contribution in [2.45, 2.75) is 13.8 Å². The maximum atomic E-state index is 9.62. The van der Waals surface area contributed by atoms with Gasteiger partial charge in [-0.2, -0.15) is 5.26 Å². The van der Waals surface area contributed by atoms with Gasteiger partial charge in [-0.25, -0.2) is 4.98 Å². The van der Waals surface area contributed by atoms with Crippen LogP contribution in [0.25, 0.3) is 22.9 Å². The molecule has 6 heteroatoms. The van der Waals surface area contributed by atoms with Crippen molar-refractivity contribution in [2.75, 3.05) is 6.61 Å². The maximum absolute atomic E-state index is 9.62. The fourth-order valence-electron chi connectivity index (χ4n) is 2.50. The van der Waals surface area contributed by atoms with Gasteiger partial charge < -0.3 is 4.74 Å². The summed E-state index contributed by atoms with van der Waals surface area (Å²) < 4.78 is 5.69. The van der Waals surface area contributed by atoms with Crippen LogP contribution >= 0.6 is 34.5 Å². The Hall–Kier alpha value is -2.32. The topological polar surface area (TPSA) is 45.9 Å². The average molecular weight is 429 g/mol. The van der Waals surface area contributed by atoms with E-state index in [0.29, 0.717) is 38.9 Å². The highest BCUT2D eigenvalue weighted by molar-refractivity contribution is 7.11. The molecule has 1 aromatic heterocycles. The highest BCUT2D eigenvalue weighted by atomic mass is 35.5. The van der Waals surface area contributed by atoms with Gasteiger partial charge in [0.25, 0.3) is 0 Å². The van der Waals surface area contributed by atoms with Crippen molar-refractivity contribution in [1.82, 2.24) is 4.98 Å². The first-order valence-corrected chi connectivity index (χ1v) is 10.4. The Bertz CT molecular complexity index is 1010. The van der Waals surface area contributed by atoms with Crippen LogP contribution in [-0.4, -0.2) is 11.6 Å². The van der Waals surface area contributed by atoms with Crippen LogP contribution in [0.5, 0.6) is 5.75 Å². The second kappa shape index (κ2) is 9.25. The largest absolute Gasteiger partial charge is 0.490 e. The first-order valence-electron chi connectivity index (χ1n) is 8.73. The van der Waals surface area contributed by atoms with Gasteiger partial charge in [-0.1, -0.05) is 67.4 Å². The molecule has 1 heterocycles. The van der Waals surface area contributed by atoms with E-state index in [1.807, 2.05) is 35.7 Å². The van der Waals surface area contributed by atoms with E-state index in [4.69, 9.17) is 27.9 Å². The number of hydrogen-bond donors (Lipinski definition) is 0. The molecule has 0 bridgehead atoms. The van der Waals surface area contributed by atoms with Crippen LogP contribution in [0, 0.1) is 17.2 Å². The zero-order valence-corrected chi connectivity index (χ0v) is 17.8. The number of halogens is 2. The van der Waals surface area contributed by atoms with Crippen LogP contribution in [0.2, 0.25) is 10.0 Å². The second-order valence-corrected chi connectivity index (χ2v) is 8.26. The predicted octanol–water partition coefficient (Wildman–Crippen LogP) is 7.22. The van der Waals surface area contributed by atoms with E-state index >= 15 is 0 Å². The van der Waals surface area contributed by atoms with E-state index in [0.717, 1.165) is 16.8 Å². The van der Waals surface area contributed by atoms with Gasteiger partial charge in [0.15, 0.2) is 5.75 Å². The van der Waals surface area contributed by atoms with Gasteiger partial charge in [0.1, 0.15) is 11.1 Å². The minimum Gasteiger partial charge on any atom is -0.490 e. The summed E-state index contributed by atoms with van der Waals surface area (Å²) in [6, 6.07) is 15.6. The van der Waals surface area contributed by atoms with Gasteiger partial charge in [-0.3, -0.25) is 0 Å². The Balaban J connectivity index is 1.89. The Labute approximate surface area is 178 Å². The molecule has 0 unspecified atom stereocenters. The minimum atomic E-state index is 0.362. The summed E-state index contributed by atoms with van der Waals surface area (Å²) in [5, 5.41) is 13.0. The predicted molar refractivity (Wildman–Crippen MR) is 118 cm³/mol. The normalized spacial score (nSPS) is 11.5. The molecular formula is C22H18Cl2N2OS. The zero-order valence-electron chi connectivity index (χ0n) is 15.4. The molecule has 3 nitrogen and oxygen atoms in total. The zero-order chi connectivity index (χ0) is 20.1.